The fraction of sp³-hybridized carbons (Fsp3) is 0.0667. The maximum atomic E-state index is 12.9. The second kappa shape index (κ2) is 10.3. The van der Waals surface area contributed by atoms with Gasteiger partial charge in [-0.05, 0) is 54.1 Å². The molecular formula is C30H17Cl2N5O4S. The zero-order valence-corrected chi connectivity index (χ0v) is 23.7. The molecule has 9 nitrogen and oxygen atoms in total. The van der Waals surface area contributed by atoms with Crippen LogP contribution < -0.4 is 10.6 Å². The molecule has 7 rings (SSSR count). The Bertz CT molecular complexity index is 2130. The number of halogens is 2. The number of rotatable bonds is 5. The summed E-state index contributed by atoms with van der Waals surface area (Å²) in [4.78, 5) is 33.0. The SMILES string of the molecule is O=c1oc2ccc(Cl)cc2cc1-c1csc(N2N=C(c3ccc([N+](=O)[O-])cc3)CC2c2cc3ccccc3nc2Cl)n1. The fourth-order valence-corrected chi connectivity index (χ4v) is 6.26. The van der Waals surface area contributed by atoms with Crippen LogP contribution in [0.5, 0.6) is 0 Å². The van der Waals surface area contributed by atoms with Crippen molar-refractivity contribution in [2.24, 2.45) is 5.10 Å². The molecule has 0 aliphatic carbocycles. The molecule has 1 unspecified atom stereocenters. The molecule has 0 fully saturated rings. The van der Waals surface area contributed by atoms with E-state index < -0.39 is 10.5 Å². The summed E-state index contributed by atoms with van der Waals surface area (Å²) < 4.78 is 5.52. The van der Waals surface area contributed by atoms with Crippen LogP contribution in [0.3, 0.4) is 0 Å². The first kappa shape index (κ1) is 26.3. The molecule has 3 aromatic heterocycles. The number of non-ortho nitro benzene ring substituents is 1. The molecule has 0 N–H and O–H groups in total. The van der Waals surface area contributed by atoms with Crippen LogP contribution in [0, 0.1) is 10.1 Å². The van der Waals surface area contributed by atoms with E-state index in [0.29, 0.717) is 49.7 Å². The predicted molar refractivity (Wildman–Crippen MR) is 165 cm³/mol. The molecule has 1 aliphatic heterocycles. The Morgan fingerprint density at radius 3 is 2.60 bits per heavy atom. The average molecular weight is 614 g/mol. The van der Waals surface area contributed by atoms with Gasteiger partial charge in [-0.15, -0.1) is 11.3 Å². The molecule has 206 valence electrons. The third-order valence-corrected chi connectivity index (χ3v) is 8.41. The summed E-state index contributed by atoms with van der Waals surface area (Å²) in [6.45, 7) is 0. The number of benzene rings is 3. The van der Waals surface area contributed by atoms with Crippen LogP contribution in [0.2, 0.25) is 10.2 Å². The molecule has 6 aromatic rings. The van der Waals surface area contributed by atoms with Gasteiger partial charge >= 0.3 is 5.63 Å². The number of fused-ring (bicyclic) bond motifs is 2. The monoisotopic (exact) mass is 613 g/mol. The topological polar surface area (TPSA) is 115 Å². The van der Waals surface area contributed by atoms with Crippen molar-refractivity contribution < 1.29 is 9.34 Å². The molecule has 0 bridgehead atoms. The number of pyridine rings is 1. The van der Waals surface area contributed by atoms with Gasteiger partial charge in [0.05, 0.1) is 33.5 Å². The van der Waals surface area contributed by atoms with E-state index >= 15 is 0 Å². The van der Waals surface area contributed by atoms with Crippen molar-refractivity contribution in [3.8, 4) is 11.3 Å². The van der Waals surface area contributed by atoms with Gasteiger partial charge < -0.3 is 4.42 Å². The fourth-order valence-electron chi connectivity index (χ4n) is 4.99. The quantitative estimate of drug-likeness (QED) is 0.0836. The van der Waals surface area contributed by atoms with E-state index in [0.717, 1.165) is 22.0 Å². The lowest BCUT2D eigenvalue weighted by atomic mass is 9.98. The van der Waals surface area contributed by atoms with E-state index in [9.17, 15) is 14.9 Å². The normalized spacial score (nSPS) is 15.0. The van der Waals surface area contributed by atoms with E-state index in [1.165, 1.54) is 23.5 Å². The minimum atomic E-state index is -0.517. The number of nitro groups is 1. The average Bonchev–Trinajstić information content (AvgIpc) is 3.65. The molecule has 0 saturated heterocycles. The highest BCUT2D eigenvalue weighted by atomic mass is 35.5. The molecule has 1 aliphatic rings. The molecular weight excluding hydrogens is 597 g/mol. The lowest BCUT2D eigenvalue weighted by Crippen LogP contribution is -2.19. The highest BCUT2D eigenvalue weighted by Gasteiger charge is 2.34. The van der Waals surface area contributed by atoms with Gasteiger partial charge in [-0.2, -0.15) is 5.10 Å². The highest BCUT2D eigenvalue weighted by molar-refractivity contribution is 7.14. The lowest BCUT2D eigenvalue weighted by Gasteiger charge is -2.22. The maximum absolute atomic E-state index is 12.9. The first-order valence-corrected chi connectivity index (χ1v) is 14.3. The number of aromatic nitrogens is 2. The van der Waals surface area contributed by atoms with Crippen molar-refractivity contribution in [2.75, 3.05) is 5.01 Å². The van der Waals surface area contributed by atoms with E-state index in [1.807, 2.05) is 30.3 Å². The summed E-state index contributed by atoms with van der Waals surface area (Å²) in [6.07, 6.45) is 0.447. The molecule has 0 saturated carbocycles. The maximum Gasteiger partial charge on any atom is 0.345 e. The van der Waals surface area contributed by atoms with Crippen LogP contribution in [0.25, 0.3) is 33.1 Å². The van der Waals surface area contributed by atoms with E-state index in [1.54, 1.807) is 46.8 Å². The summed E-state index contributed by atoms with van der Waals surface area (Å²) in [5.74, 6) is 0. The second-order valence-electron chi connectivity index (χ2n) is 9.62. The third kappa shape index (κ3) is 4.69. The number of anilines is 1. The molecule has 4 heterocycles. The van der Waals surface area contributed by atoms with E-state index in [2.05, 4.69) is 4.98 Å². The molecule has 0 radical (unpaired) electrons. The zero-order chi connectivity index (χ0) is 29.0. The van der Waals surface area contributed by atoms with Gasteiger partial charge in [-0.1, -0.05) is 41.4 Å². The van der Waals surface area contributed by atoms with Gasteiger partial charge in [0.15, 0.2) is 0 Å². The first-order chi connectivity index (χ1) is 20.3. The lowest BCUT2D eigenvalue weighted by molar-refractivity contribution is -0.384. The summed E-state index contributed by atoms with van der Waals surface area (Å²) in [5.41, 5.74) is 3.61. The summed E-state index contributed by atoms with van der Waals surface area (Å²) in [5, 5.41) is 22.6. The predicted octanol–water partition coefficient (Wildman–Crippen LogP) is 8.04. The molecule has 0 spiro atoms. The van der Waals surface area contributed by atoms with Crippen molar-refractivity contribution in [3.63, 3.8) is 0 Å². The van der Waals surface area contributed by atoms with Gasteiger partial charge in [0.25, 0.3) is 5.69 Å². The smallest absolute Gasteiger partial charge is 0.345 e. The summed E-state index contributed by atoms with van der Waals surface area (Å²) in [6, 6.07) is 22.3. The number of nitrogens with zero attached hydrogens (tertiary/aromatic N) is 5. The second-order valence-corrected chi connectivity index (χ2v) is 11.3. The molecule has 0 amide bonds. The van der Waals surface area contributed by atoms with Crippen molar-refractivity contribution in [1.29, 1.82) is 0 Å². The number of hydrazone groups is 1. The number of hydrogen-bond donors (Lipinski definition) is 0. The number of hydrogen-bond acceptors (Lipinski definition) is 9. The van der Waals surface area contributed by atoms with Gasteiger partial charge in [0.1, 0.15) is 10.7 Å². The molecule has 3 aromatic carbocycles. The summed E-state index contributed by atoms with van der Waals surface area (Å²) in [7, 11) is 0. The Balaban J connectivity index is 1.32. The van der Waals surface area contributed by atoms with Gasteiger partial charge in [-0.3, -0.25) is 10.1 Å². The summed E-state index contributed by atoms with van der Waals surface area (Å²) >= 11 is 14.2. The minimum Gasteiger partial charge on any atom is -0.422 e. The standard InChI is InChI=1S/C30H17Cl2N5O4S/c31-19-7-10-27-18(11-19)13-21(29(38)41-27)25-15-42-30(34-25)36-26(22-12-17-3-1-2-4-23(17)33-28(22)32)14-24(35-36)16-5-8-20(9-6-16)37(39)40/h1-13,15,26H,14H2. The molecule has 12 heteroatoms. The number of para-hydroxylation sites is 1. The Hall–Kier alpha value is -4.64. The van der Waals surface area contributed by atoms with Crippen molar-refractivity contribution in [2.45, 2.75) is 12.5 Å². The van der Waals surface area contributed by atoms with Crippen LogP contribution in [0.15, 0.2) is 98.6 Å². The Morgan fingerprint density at radius 1 is 0.976 bits per heavy atom. The van der Waals surface area contributed by atoms with E-state index in [4.69, 9.17) is 37.7 Å². The van der Waals surface area contributed by atoms with Crippen molar-refractivity contribution in [3.05, 3.63) is 126 Å². The van der Waals surface area contributed by atoms with Crippen molar-refractivity contribution in [1.82, 2.24) is 9.97 Å². The van der Waals surface area contributed by atoms with Gasteiger partial charge in [0, 0.05) is 45.3 Å². The Labute approximate surface area is 251 Å². The van der Waals surface area contributed by atoms with Gasteiger partial charge in [-0.25, -0.2) is 19.8 Å². The first-order valence-electron chi connectivity index (χ1n) is 12.7. The highest BCUT2D eigenvalue weighted by Crippen LogP contribution is 2.42. The van der Waals surface area contributed by atoms with Crippen LogP contribution >= 0.6 is 34.5 Å². The Morgan fingerprint density at radius 2 is 1.79 bits per heavy atom. The Kier molecular flexibility index (Phi) is 6.46. The number of thiazole rings is 1. The van der Waals surface area contributed by atoms with Crippen molar-refractivity contribution >= 4 is 72.9 Å². The van der Waals surface area contributed by atoms with Crippen LogP contribution in [0.4, 0.5) is 10.8 Å². The minimum absolute atomic E-state index is 0.00686. The van der Waals surface area contributed by atoms with E-state index in [-0.39, 0.29) is 11.7 Å². The largest absolute Gasteiger partial charge is 0.422 e. The molecule has 42 heavy (non-hydrogen) atoms. The van der Waals surface area contributed by atoms with Crippen LogP contribution in [0.1, 0.15) is 23.6 Å². The van der Waals surface area contributed by atoms with Crippen LogP contribution in [-0.2, 0) is 0 Å². The van der Waals surface area contributed by atoms with Crippen LogP contribution in [-0.4, -0.2) is 20.6 Å². The third-order valence-electron chi connectivity index (χ3n) is 7.04. The molecule has 1 atom stereocenters. The number of nitro benzene ring substituents is 1. The van der Waals surface area contributed by atoms with Gasteiger partial charge in [0.2, 0.25) is 5.13 Å². The zero-order valence-electron chi connectivity index (χ0n) is 21.4.